The minimum Gasteiger partial charge on any atom is -0.497 e. The molecule has 0 aliphatic carbocycles. The zero-order chi connectivity index (χ0) is 19.5. The molecule has 1 N–H and O–H groups in total. The van der Waals surface area contributed by atoms with Crippen molar-refractivity contribution in [1.82, 2.24) is 30.2 Å². The molecule has 3 aromatic rings. The highest BCUT2D eigenvalue weighted by Gasteiger charge is 2.31. The van der Waals surface area contributed by atoms with Crippen molar-refractivity contribution < 1.29 is 9.53 Å². The smallest absolute Gasteiger partial charge is 0.276 e. The van der Waals surface area contributed by atoms with Crippen LogP contribution in [0.2, 0.25) is 0 Å². The van der Waals surface area contributed by atoms with Gasteiger partial charge < -0.3 is 15.0 Å². The fourth-order valence-electron chi connectivity index (χ4n) is 3.45. The summed E-state index contributed by atoms with van der Waals surface area (Å²) in [5.74, 6) is 0.644. The summed E-state index contributed by atoms with van der Waals surface area (Å²) in [5.41, 5.74) is 2.91. The molecule has 8 nitrogen and oxygen atoms in total. The number of nitrogens with zero attached hydrogens (tertiary/aromatic N) is 5. The maximum Gasteiger partial charge on any atom is 0.276 e. The molecule has 2 aromatic heterocycles. The number of rotatable bonds is 4. The molecule has 152 valence electrons. The topological polar surface area (TPSA) is 85.2 Å². The van der Waals surface area contributed by atoms with Crippen LogP contribution in [0.4, 0.5) is 0 Å². The number of halogens is 1. The molecule has 29 heavy (non-hydrogen) atoms. The van der Waals surface area contributed by atoms with Crippen molar-refractivity contribution in [2.45, 2.75) is 13.0 Å². The van der Waals surface area contributed by atoms with Gasteiger partial charge in [0.2, 0.25) is 0 Å². The first-order chi connectivity index (χ1) is 13.7. The molecular weight excluding hydrogens is 392 g/mol. The van der Waals surface area contributed by atoms with Crippen LogP contribution in [-0.4, -0.2) is 57.5 Å². The molecule has 0 saturated carbocycles. The first-order valence-corrected chi connectivity index (χ1v) is 9.17. The number of benzene rings is 1. The molecule has 1 unspecified atom stereocenters. The number of ether oxygens (including phenoxy) is 1. The number of amides is 1. The maximum atomic E-state index is 13.3. The zero-order valence-corrected chi connectivity index (χ0v) is 17.1. The first-order valence-electron chi connectivity index (χ1n) is 9.17. The van der Waals surface area contributed by atoms with E-state index < -0.39 is 0 Å². The second-order valence-corrected chi connectivity index (χ2v) is 6.64. The Morgan fingerprint density at radius 3 is 2.72 bits per heavy atom. The van der Waals surface area contributed by atoms with Gasteiger partial charge in [-0.25, -0.2) is 4.68 Å². The summed E-state index contributed by atoms with van der Waals surface area (Å²) < 4.78 is 6.87. The lowest BCUT2D eigenvalue weighted by Gasteiger charge is -2.36. The molecule has 1 amide bonds. The number of carbonyl (C=O) groups excluding carboxylic acids is 1. The lowest BCUT2D eigenvalue weighted by atomic mass is 10.0. The third-order valence-electron chi connectivity index (χ3n) is 4.99. The van der Waals surface area contributed by atoms with Crippen LogP contribution in [-0.2, 0) is 0 Å². The molecule has 3 heterocycles. The van der Waals surface area contributed by atoms with Gasteiger partial charge in [0.15, 0.2) is 5.69 Å². The van der Waals surface area contributed by atoms with Crippen molar-refractivity contribution in [3.63, 3.8) is 0 Å². The summed E-state index contributed by atoms with van der Waals surface area (Å²) in [7, 11) is 1.62. The average Bonchev–Trinajstić information content (AvgIpc) is 3.15. The van der Waals surface area contributed by atoms with Gasteiger partial charge in [0.05, 0.1) is 24.5 Å². The Hall–Kier alpha value is -2.97. The Kier molecular flexibility index (Phi) is 6.46. The van der Waals surface area contributed by atoms with Crippen molar-refractivity contribution in [2.75, 3.05) is 26.7 Å². The van der Waals surface area contributed by atoms with E-state index in [1.54, 1.807) is 24.2 Å². The van der Waals surface area contributed by atoms with Gasteiger partial charge in [-0.05, 0) is 42.8 Å². The normalized spacial score (nSPS) is 16.2. The second kappa shape index (κ2) is 9.02. The van der Waals surface area contributed by atoms with Crippen LogP contribution >= 0.6 is 12.4 Å². The highest BCUT2D eigenvalue weighted by molar-refractivity contribution is 5.93. The van der Waals surface area contributed by atoms with Crippen LogP contribution in [0.15, 0.2) is 48.8 Å². The van der Waals surface area contributed by atoms with E-state index in [1.165, 1.54) is 0 Å². The molecule has 0 spiro atoms. The van der Waals surface area contributed by atoms with E-state index in [9.17, 15) is 4.79 Å². The predicted octanol–water partition coefficient (Wildman–Crippen LogP) is 2.19. The van der Waals surface area contributed by atoms with Gasteiger partial charge in [0.25, 0.3) is 5.91 Å². The number of nitrogens with one attached hydrogen (secondary N) is 1. The second-order valence-electron chi connectivity index (χ2n) is 6.64. The summed E-state index contributed by atoms with van der Waals surface area (Å²) in [6, 6.07) is 11.3. The number of carbonyl (C=O) groups is 1. The number of hydrogen-bond acceptors (Lipinski definition) is 6. The van der Waals surface area contributed by atoms with E-state index in [0.29, 0.717) is 24.5 Å². The monoisotopic (exact) mass is 414 g/mol. The quantitative estimate of drug-likeness (QED) is 0.704. The molecule has 1 fully saturated rings. The van der Waals surface area contributed by atoms with Crippen LogP contribution in [0.1, 0.15) is 27.8 Å². The molecule has 1 aliphatic heterocycles. The lowest BCUT2D eigenvalue weighted by Crippen LogP contribution is -2.49. The van der Waals surface area contributed by atoms with Crippen molar-refractivity contribution in [3.8, 4) is 11.4 Å². The SMILES string of the molecule is COc1ccc(-n2nnc(C(=O)N3CCNCC3c3cccnc3)c2C)cc1.Cl. The van der Waals surface area contributed by atoms with Gasteiger partial charge in [-0.3, -0.25) is 9.78 Å². The van der Waals surface area contributed by atoms with Gasteiger partial charge in [0, 0.05) is 32.0 Å². The van der Waals surface area contributed by atoms with Crippen LogP contribution in [0, 0.1) is 6.92 Å². The summed E-state index contributed by atoms with van der Waals surface area (Å²) >= 11 is 0. The van der Waals surface area contributed by atoms with Crippen molar-refractivity contribution in [1.29, 1.82) is 0 Å². The molecule has 9 heteroatoms. The molecule has 1 aliphatic rings. The maximum absolute atomic E-state index is 13.3. The van der Waals surface area contributed by atoms with Gasteiger partial charge in [0.1, 0.15) is 5.75 Å². The predicted molar refractivity (Wildman–Crippen MR) is 111 cm³/mol. The summed E-state index contributed by atoms with van der Waals surface area (Å²) in [4.78, 5) is 19.3. The highest BCUT2D eigenvalue weighted by atomic mass is 35.5. The number of hydrogen-bond donors (Lipinski definition) is 1. The fourth-order valence-corrected chi connectivity index (χ4v) is 3.45. The zero-order valence-electron chi connectivity index (χ0n) is 16.3. The van der Waals surface area contributed by atoms with E-state index in [-0.39, 0.29) is 24.4 Å². The lowest BCUT2D eigenvalue weighted by molar-refractivity contribution is 0.0627. The van der Waals surface area contributed by atoms with Crippen LogP contribution in [0.5, 0.6) is 5.75 Å². The highest BCUT2D eigenvalue weighted by Crippen LogP contribution is 2.24. The number of methoxy groups -OCH3 is 1. The third-order valence-corrected chi connectivity index (χ3v) is 4.99. The van der Waals surface area contributed by atoms with E-state index in [0.717, 1.165) is 23.5 Å². The molecule has 1 aromatic carbocycles. The molecule has 0 radical (unpaired) electrons. The molecule has 0 bridgehead atoms. The molecular formula is C20H23ClN6O2. The summed E-state index contributed by atoms with van der Waals surface area (Å²) in [5, 5.41) is 11.7. The summed E-state index contributed by atoms with van der Waals surface area (Å²) in [6.45, 7) is 3.89. The number of piperazine rings is 1. The fraction of sp³-hybridized carbons (Fsp3) is 0.300. The Balaban J connectivity index is 0.00000240. The Labute approximate surface area is 175 Å². The number of pyridine rings is 1. The standard InChI is InChI=1S/C20H22N6O2.ClH/c1-14-19(23-24-26(14)16-5-7-17(28-2)8-6-16)20(27)25-11-10-22-13-18(25)15-4-3-9-21-12-15;/h3-9,12,18,22H,10-11,13H2,1-2H3;1H. The van der Waals surface area contributed by atoms with Gasteiger partial charge in [-0.2, -0.15) is 0 Å². The van der Waals surface area contributed by atoms with Gasteiger partial charge in [-0.15, -0.1) is 17.5 Å². The number of aromatic nitrogens is 4. The third kappa shape index (κ3) is 4.08. The Bertz CT molecular complexity index is 961. The van der Waals surface area contributed by atoms with E-state index in [4.69, 9.17) is 4.74 Å². The molecule has 4 rings (SSSR count). The van der Waals surface area contributed by atoms with E-state index >= 15 is 0 Å². The van der Waals surface area contributed by atoms with E-state index in [2.05, 4.69) is 20.6 Å². The minimum absolute atomic E-state index is 0. The first kappa shape index (κ1) is 20.8. The Morgan fingerprint density at radius 1 is 1.24 bits per heavy atom. The molecule has 1 saturated heterocycles. The Morgan fingerprint density at radius 2 is 2.03 bits per heavy atom. The average molecular weight is 415 g/mol. The summed E-state index contributed by atoms with van der Waals surface area (Å²) in [6.07, 6.45) is 3.54. The van der Waals surface area contributed by atoms with Crippen LogP contribution < -0.4 is 10.1 Å². The van der Waals surface area contributed by atoms with Gasteiger partial charge >= 0.3 is 0 Å². The van der Waals surface area contributed by atoms with Crippen molar-refractivity contribution in [3.05, 3.63) is 65.7 Å². The minimum atomic E-state index is -0.118. The van der Waals surface area contributed by atoms with Crippen LogP contribution in [0.3, 0.4) is 0 Å². The van der Waals surface area contributed by atoms with Crippen LogP contribution in [0.25, 0.3) is 5.69 Å². The van der Waals surface area contributed by atoms with Crippen molar-refractivity contribution >= 4 is 18.3 Å². The van der Waals surface area contributed by atoms with Crippen molar-refractivity contribution in [2.24, 2.45) is 0 Å². The van der Waals surface area contributed by atoms with E-state index in [1.807, 2.05) is 48.2 Å². The molecule has 1 atom stereocenters. The largest absolute Gasteiger partial charge is 0.497 e. The van der Waals surface area contributed by atoms with Gasteiger partial charge in [-0.1, -0.05) is 11.3 Å².